The number of para-hydroxylation sites is 1. The van der Waals surface area contributed by atoms with Gasteiger partial charge in [-0.1, -0.05) is 25.1 Å². The molecule has 2 atom stereocenters. The van der Waals surface area contributed by atoms with Crippen molar-refractivity contribution in [2.75, 3.05) is 19.7 Å². The molecule has 0 fully saturated rings. The van der Waals surface area contributed by atoms with Gasteiger partial charge in [-0.2, -0.15) is 0 Å². The number of nitrogens with one attached hydrogen (secondary N) is 1. The maximum atomic E-state index is 13.4. The number of hydrogen-bond acceptors (Lipinski definition) is 4. The van der Waals surface area contributed by atoms with E-state index < -0.39 is 0 Å². The summed E-state index contributed by atoms with van der Waals surface area (Å²) in [5, 5.41) is 5.01. The van der Waals surface area contributed by atoms with Crippen molar-refractivity contribution < 1.29 is 14.3 Å². The highest BCUT2D eigenvalue weighted by Crippen LogP contribution is 2.34. The minimum absolute atomic E-state index is 0.0181. The van der Waals surface area contributed by atoms with Gasteiger partial charge < -0.3 is 19.9 Å². The van der Waals surface area contributed by atoms with Gasteiger partial charge in [0.25, 0.3) is 0 Å². The van der Waals surface area contributed by atoms with Crippen LogP contribution < -0.4 is 10.1 Å². The second-order valence-corrected chi connectivity index (χ2v) is 9.27. The molecule has 0 saturated carbocycles. The Balaban J connectivity index is 1.77. The molecule has 0 radical (unpaired) electrons. The zero-order valence-corrected chi connectivity index (χ0v) is 19.7. The summed E-state index contributed by atoms with van der Waals surface area (Å²) in [5.74, 6) is 0.743. The number of ether oxygens (including phenoxy) is 1. The summed E-state index contributed by atoms with van der Waals surface area (Å²) in [7, 11) is 0. The lowest BCUT2D eigenvalue weighted by atomic mass is 10.00. The maximum Gasteiger partial charge on any atom is 0.318 e. The number of urea groups is 1. The third-order valence-corrected chi connectivity index (χ3v) is 6.66. The van der Waals surface area contributed by atoms with Crippen LogP contribution in [0, 0.1) is 0 Å². The first-order valence-electron chi connectivity index (χ1n) is 11.0. The molecule has 7 heteroatoms. The minimum Gasteiger partial charge on any atom is -0.491 e. The van der Waals surface area contributed by atoms with Crippen LogP contribution in [-0.2, 0) is 11.2 Å². The predicted octanol–water partition coefficient (Wildman–Crippen LogP) is 4.47. The number of hydrogen-bond donors (Lipinski definition) is 1. The van der Waals surface area contributed by atoms with Gasteiger partial charge in [-0.15, -0.1) is 11.3 Å². The lowest BCUT2D eigenvalue weighted by molar-refractivity contribution is -0.136. The van der Waals surface area contributed by atoms with E-state index in [0.717, 1.165) is 24.2 Å². The van der Waals surface area contributed by atoms with Gasteiger partial charge in [0.2, 0.25) is 5.91 Å². The van der Waals surface area contributed by atoms with Crippen LogP contribution in [0.1, 0.15) is 50.6 Å². The smallest absolute Gasteiger partial charge is 0.318 e. The third-order valence-electron chi connectivity index (χ3n) is 5.67. The lowest BCUT2D eigenvalue weighted by Gasteiger charge is -2.38. The molecule has 6 nitrogen and oxygen atoms in total. The van der Waals surface area contributed by atoms with Crippen LogP contribution in [0.2, 0.25) is 0 Å². The maximum absolute atomic E-state index is 13.4. The molecule has 1 aromatic heterocycles. The molecule has 0 spiro atoms. The van der Waals surface area contributed by atoms with Crippen LogP contribution in [0.3, 0.4) is 0 Å². The van der Waals surface area contributed by atoms with Crippen molar-refractivity contribution >= 4 is 23.3 Å². The van der Waals surface area contributed by atoms with Crippen LogP contribution in [0.25, 0.3) is 0 Å². The second-order valence-electron chi connectivity index (χ2n) is 8.27. The summed E-state index contributed by atoms with van der Waals surface area (Å²) in [6.07, 6.45) is 1.62. The third kappa shape index (κ3) is 5.79. The van der Waals surface area contributed by atoms with E-state index in [9.17, 15) is 9.59 Å². The molecule has 0 unspecified atom stereocenters. The van der Waals surface area contributed by atoms with Crippen molar-refractivity contribution in [3.8, 4) is 5.75 Å². The summed E-state index contributed by atoms with van der Waals surface area (Å²) < 4.78 is 6.04. The SMILES string of the molecule is CC[C@@H](C)N(CC(=O)N1CCc2sccc2[C@H]1COc1ccccc1)C(=O)NC(C)C. The Morgan fingerprint density at radius 2 is 1.97 bits per heavy atom. The highest BCUT2D eigenvalue weighted by atomic mass is 32.1. The molecule has 168 valence electrons. The van der Waals surface area contributed by atoms with E-state index in [0.29, 0.717) is 13.2 Å². The van der Waals surface area contributed by atoms with E-state index in [1.165, 1.54) is 4.88 Å². The summed E-state index contributed by atoms with van der Waals surface area (Å²) >= 11 is 1.73. The fraction of sp³-hybridized carbons (Fsp3) is 0.500. The van der Waals surface area contributed by atoms with E-state index in [-0.39, 0.29) is 36.6 Å². The van der Waals surface area contributed by atoms with Crippen LogP contribution in [-0.4, -0.2) is 53.5 Å². The molecule has 2 aromatic rings. The first-order chi connectivity index (χ1) is 14.9. The van der Waals surface area contributed by atoms with Crippen molar-refractivity contribution in [1.82, 2.24) is 15.1 Å². The number of carbonyl (C=O) groups is 2. The highest BCUT2D eigenvalue weighted by Gasteiger charge is 2.34. The molecule has 0 aliphatic carbocycles. The number of benzene rings is 1. The molecule has 1 aliphatic heterocycles. The van der Waals surface area contributed by atoms with Gasteiger partial charge in [-0.05, 0) is 62.8 Å². The number of rotatable bonds is 8. The Labute approximate surface area is 189 Å². The monoisotopic (exact) mass is 443 g/mol. The Kier molecular flexibility index (Phi) is 7.96. The molecule has 3 amide bonds. The molecule has 31 heavy (non-hydrogen) atoms. The number of amides is 3. The van der Waals surface area contributed by atoms with E-state index in [1.807, 2.05) is 62.9 Å². The average molecular weight is 444 g/mol. The van der Waals surface area contributed by atoms with Gasteiger partial charge in [0, 0.05) is 23.5 Å². The lowest BCUT2D eigenvalue weighted by Crippen LogP contribution is -2.53. The first kappa shape index (κ1) is 23.1. The standard InChI is InChI=1S/C24H33N3O3S/c1-5-18(4)27(24(29)25-17(2)3)15-23(28)26-13-11-22-20(12-14-31-22)21(26)16-30-19-9-7-6-8-10-19/h6-10,12,14,17-18,21H,5,11,13,15-16H2,1-4H3,(H,25,29)/t18-,21-/m1/s1. The second kappa shape index (κ2) is 10.7. The molecule has 1 aromatic carbocycles. The van der Waals surface area contributed by atoms with Crippen molar-refractivity contribution in [3.63, 3.8) is 0 Å². The zero-order valence-electron chi connectivity index (χ0n) is 18.8. The largest absolute Gasteiger partial charge is 0.491 e. The molecule has 0 saturated heterocycles. The van der Waals surface area contributed by atoms with Crippen molar-refractivity contribution in [2.24, 2.45) is 0 Å². The zero-order chi connectivity index (χ0) is 22.4. The van der Waals surface area contributed by atoms with Crippen molar-refractivity contribution in [3.05, 3.63) is 52.2 Å². The Hall–Kier alpha value is -2.54. The van der Waals surface area contributed by atoms with Crippen molar-refractivity contribution in [1.29, 1.82) is 0 Å². The molecule has 2 heterocycles. The van der Waals surface area contributed by atoms with E-state index in [4.69, 9.17) is 4.74 Å². The highest BCUT2D eigenvalue weighted by molar-refractivity contribution is 7.10. The van der Waals surface area contributed by atoms with Gasteiger partial charge in [0.1, 0.15) is 18.9 Å². The number of nitrogens with zero attached hydrogens (tertiary/aromatic N) is 2. The molecule has 1 aliphatic rings. The Morgan fingerprint density at radius 1 is 1.23 bits per heavy atom. The fourth-order valence-electron chi connectivity index (χ4n) is 3.78. The van der Waals surface area contributed by atoms with Crippen LogP contribution in [0.15, 0.2) is 41.8 Å². The Morgan fingerprint density at radius 3 is 2.65 bits per heavy atom. The van der Waals surface area contributed by atoms with Crippen LogP contribution >= 0.6 is 11.3 Å². The van der Waals surface area contributed by atoms with Gasteiger partial charge in [0.05, 0.1) is 6.04 Å². The van der Waals surface area contributed by atoms with Gasteiger partial charge in [-0.25, -0.2) is 4.79 Å². The minimum atomic E-state index is -0.192. The molecular weight excluding hydrogens is 410 g/mol. The predicted molar refractivity (Wildman–Crippen MR) is 125 cm³/mol. The number of carbonyl (C=O) groups excluding carboxylic acids is 2. The summed E-state index contributed by atoms with van der Waals surface area (Å²) in [6.45, 7) is 8.95. The summed E-state index contributed by atoms with van der Waals surface area (Å²) in [4.78, 5) is 31.0. The topological polar surface area (TPSA) is 61.9 Å². The normalized spacial score (nSPS) is 16.5. The van der Waals surface area contributed by atoms with E-state index in [1.54, 1.807) is 16.2 Å². The van der Waals surface area contributed by atoms with Gasteiger partial charge in [-0.3, -0.25) is 4.79 Å². The first-order valence-corrected chi connectivity index (χ1v) is 11.9. The van der Waals surface area contributed by atoms with Crippen LogP contribution in [0.5, 0.6) is 5.75 Å². The quantitative estimate of drug-likeness (QED) is 0.655. The number of fused-ring (bicyclic) bond motifs is 1. The molecule has 3 rings (SSSR count). The molecule has 0 bridgehead atoms. The number of thiophene rings is 1. The van der Waals surface area contributed by atoms with E-state index >= 15 is 0 Å². The van der Waals surface area contributed by atoms with Gasteiger partial charge >= 0.3 is 6.03 Å². The summed E-state index contributed by atoms with van der Waals surface area (Å²) in [5.41, 5.74) is 1.15. The average Bonchev–Trinajstić information content (AvgIpc) is 3.24. The fourth-order valence-corrected chi connectivity index (χ4v) is 4.71. The van der Waals surface area contributed by atoms with E-state index in [2.05, 4.69) is 16.8 Å². The molecule has 1 N–H and O–H groups in total. The molecular formula is C24H33N3O3S. The Bertz CT molecular complexity index is 868. The summed E-state index contributed by atoms with van der Waals surface area (Å²) in [6, 6.07) is 11.4. The van der Waals surface area contributed by atoms with Crippen LogP contribution in [0.4, 0.5) is 4.79 Å². The van der Waals surface area contributed by atoms with Crippen molar-refractivity contribution in [2.45, 2.75) is 58.7 Å². The van der Waals surface area contributed by atoms with Gasteiger partial charge in [0.15, 0.2) is 0 Å².